The lowest BCUT2D eigenvalue weighted by Gasteiger charge is -2.23. The number of nitrogens with zero attached hydrogens (tertiary/aromatic N) is 2. The highest BCUT2D eigenvalue weighted by Gasteiger charge is 2.20. The van der Waals surface area contributed by atoms with Crippen molar-refractivity contribution in [1.29, 1.82) is 0 Å². The van der Waals surface area contributed by atoms with Gasteiger partial charge in [0.2, 0.25) is 11.8 Å². The van der Waals surface area contributed by atoms with Gasteiger partial charge in [-0.1, -0.05) is 53.7 Å². The van der Waals surface area contributed by atoms with Crippen molar-refractivity contribution in [2.45, 2.75) is 19.9 Å². The van der Waals surface area contributed by atoms with E-state index in [1.807, 2.05) is 60.7 Å². The molecule has 2 amide bonds. The third-order valence-corrected chi connectivity index (χ3v) is 3.76. The zero-order valence-corrected chi connectivity index (χ0v) is 14.4. The molecule has 1 aromatic heterocycles. The van der Waals surface area contributed by atoms with Crippen LogP contribution in [0.2, 0.25) is 0 Å². The van der Waals surface area contributed by atoms with E-state index in [-0.39, 0.29) is 12.3 Å². The van der Waals surface area contributed by atoms with E-state index >= 15 is 0 Å². The molecule has 3 aromatic rings. The van der Waals surface area contributed by atoms with Crippen LogP contribution < -0.4 is 10.2 Å². The molecule has 0 saturated carbocycles. The Morgan fingerprint density at radius 1 is 1.04 bits per heavy atom. The third-order valence-electron chi connectivity index (χ3n) is 3.76. The Hall–Kier alpha value is -3.41. The van der Waals surface area contributed by atoms with E-state index in [9.17, 15) is 9.59 Å². The lowest BCUT2D eigenvalue weighted by Crippen LogP contribution is -2.33. The van der Waals surface area contributed by atoms with Crippen molar-refractivity contribution in [3.8, 4) is 0 Å². The van der Waals surface area contributed by atoms with Crippen molar-refractivity contribution < 1.29 is 14.1 Å². The second-order valence-electron chi connectivity index (χ2n) is 5.85. The maximum absolute atomic E-state index is 12.8. The highest BCUT2D eigenvalue weighted by Crippen LogP contribution is 2.18. The number of nitrogens with one attached hydrogen (secondary N) is 1. The minimum absolute atomic E-state index is 0.284. The van der Waals surface area contributed by atoms with Gasteiger partial charge in [-0.3, -0.25) is 9.59 Å². The summed E-state index contributed by atoms with van der Waals surface area (Å²) < 4.78 is 4.91. The van der Waals surface area contributed by atoms with E-state index in [1.54, 1.807) is 17.9 Å². The molecule has 1 heterocycles. The molecule has 26 heavy (non-hydrogen) atoms. The van der Waals surface area contributed by atoms with Crippen LogP contribution in [0.1, 0.15) is 17.7 Å². The van der Waals surface area contributed by atoms with Crippen molar-refractivity contribution in [3.05, 3.63) is 78.1 Å². The van der Waals surface area contributed by atoms with Crippen molar-refractivity contribution in [2.75, 3.05) is 10.2 Å². The minimum Gasteiger partial charge on any atom is -0.360 e. The highest BCUT2D eigenvalue weighted by molar-refractivity contribution is 6.08. The van der Waals surface area contributed by atoms with E-state index < -0.39 is 5.91 Å². The molecule has 0 unspecified atom stereocenters. The summed E-state index contributed by atoms with van der Waals surface area (Å²) in [5.74, 6) is 0.159. The van der Waals surface area contributed by atoms with Crippen molar-refractivity contribution in [2.24, 2.45) is 0 Å². The van der Waals surface area contributed by atoms with Gasteiger partial charge in [0, 0.05) is 11.8 Å². The first-order chi connectivity index (χ1) is 12.6. The fourth-order valence-electron chi connectivity index (χ4n) is 2.54. The van der Waals surface area contributed by atoms with Crippen molar-refractivity contribution >= 4 is 23.3 Å². The van der Waals surface area contributed by atoms with E-state index in [0.717, 1.165) is 11.3 Å². The number of benzene rings is 2. The van der Waals surface area contributed by atoms with Gasteiger partial charge >= 0.3 is 0 Å². The van der Waals surface area contributed by atoms with Gasteiger partial charge < -0.3 is 14.7 Å². The van der Waals surface area contributed by atoms with Crippen molar-refractivity contribution in [1.82, 2.24) is 5.16 Å². The maximum Gasteiger partial charge on any atom is 0.236 e. The van der Waals surface area contributed by atoms with Gasteiger partial charge in [-0.25, -0.2) is 0 Å². The Labute approximate surface area is 151 Å². The molecular weight excluding hydrogens is 330 g/mol. The Morgan fingerprint density at radius 3 is 2.31 bits per heavy atom. The number of amides is 2. The Bertz CT molecular complexity index is 876. The molecule has 0 spiro atoms. The monoisotopic (exact) mass is 349 g/mol. The molecule has 0 atom stereocenters. The molecule has 0 radical (unpaired) electrons. The lowest BCUT2D eigenvalue weighted by atomic mass is 10.2. The summed E-state index contributed by atoms with van der Waals surface area (Å²) in [6, 6.07) is 20.5. The van der Waals surface area contributed by atoms with E-state index in [0.29, 0.717) is 18.1 Å². The lowest BCUT2D eigenvalue weighted by molar-refractivity contribution is -0.125. The quantitative estimate of drug-likeness (QED) is 0.691. The number of para-hydroxylation sites is 1. The molecule has 0 aliphatic rings. The molecule has 3 rings (SSSR count). The second kappa shape index (κ2) is 8.11. The maximum atomic E-state index is 12.8. The molecule has 6 heteroatoms. The molecule has 1 N–H and O–H groups in total. The summed E-state index contributed by atoms with van der Waals surface area (Å²) >= 11 is 0. The Morgan fingerprint density at radius 2 is 1.69 bits per heavy atom. The fraction of sp³-hybridized carbons (Fsp3) is 0.150. The van der Waals surface area contributed by atoms with Gasteiger partial charge in [0.25, 0.3) is 0 Å². The second-order valence-corrected chi connectivity index (χ2v) is 5.85. The van der Waals surface area contributed by atoms with Crippen LogP contribution in [0.4, 0.5) is 11.5 Å². The molecular formula is C20H19N3O3. The van der Waals surface area contributed by atoms with E-state index in [1.165, 1.54) is 0 Å². The standard InChI is InChI=1S/C20H19N3O3/c1-15-12-18(22-26-15)21-19(24)13-20(25)23(17-10-6-3-7-11-17)14-16-8-4-2-5-9-16/h2-12H,13-14H2,1H3,(H,21,22,24). The first-order valence-corrected chi connectivity index (χ1v) is 8.24. The molecule has 2 aromatic carbocycles. The molecule has 0 fully saturated rings. The van der Waals surface area contributed by atoms with Crippen molar-refractivity contribution in [3.63, 3.8) is 0 Å². The number of hydrogen-bond acceptors (Lipinski definition) is 4. The molecule has 132 valence electrons. The predicted octanol–water partition coefficient (Wildman–Crippen LogP) is 3.55. The summed E-state index contributed by atoms with van der Waals surface area (Å²) in [6.07, 6.45) is -0.284. The number of carbonyl (C=O) groups is 2. The van der Waals surface area contributed by atoms with E-state index in [4.69, 9.17) is 4.52 Å². The first kappa shape index (κ1) is 17.4. The normalized spacial score (nSPS) is 10.3. The van der Waals surface area contributed by atoms with Gasteiger partial charge in [0.05, 0.1) is 6.54 Å². The average Bonchev–Trinajstić information content (AvgIpc) is 3.05. The van der Waals surface area contributed by atoms with Crippen LogP contribution in [0.15, 0.2) is 71.3 Å². The molecule has 0 bridgehead atoms. The van der Waals surface area contributed by atoms with Gasteiger partial charge in [-0.05, 0) is 24.6 Å². The van der Waals surface area contributed by atoms with Gasteiger partial charge in [-0.15, -0.1) is 0 Å². The van der Waals surface area contributed by atoms with Crippen LogP contribution in [0.3, 0.4) is 0 Å². The minimum atomic E-state index is -0.433. The topological polar surface area (TPSA) is 75.4 Å². The Kier molecular flexibility index (Phi) is 5.43. The van der Waals surface area contributed by atoms with Crippen LogP contribution in [0.5, 0.6) is 0 Å². The molecule has 6 nitrogen and oxygen atoms in total. The molecule has 0 saturated heterocycles. The summed E-state index contributed by atoms with van der Waals surface area (Å²) in [5, 5.41) is 6.27. The van der Waals surface area contributed by atoms with Gasteiger partial charge in [0.15, 0.2) is 5.82 Å². The summed E-state index contributed by atoms with van der Waals surface area (Å²) in [7, 11) is 0. The first-order valence-electron chi connectivity index (χ1n) is 8.24. The SMILES string of the molecule is Cc1cc(NC(=O)CC(=O)N(Cc2ccccc2)c2ccccc2)no1. The van der Waals surface area contributed by atoms with Crippen LogP contribution in [0, 0.1) is 6.92 Å². The zero-order valence-electron chi connectivity index (χ0n) is 14.4. The Balaban J connectivity index is 1.73. The van der Waals surface area contributed by atoms with Crippen LogP contribution >= 0.6 is 0 Å². The fourth-order valence-corrected chi connectivity index (χ4v) is 2.54. The van der Waals surface area contributed by atoms with Gasteiger partial charge in [0.1, 0.15) is 12.2 Å². The van der Waals surface area contributed by atoms with E-state index in [2.05, 4.69) is 10.5 Å². The highest BCUT2D eigenvalue weighted by atomic mass is 16.5. The number of aromatic nitrogens is 1. The number of rotatable bonds is 6. The average molecular weight is 349 g/mol. The van der Waals surface area contributed by atoms with Gasteiger partial charge in [-0.2, -0.15) is 0 Å². The summed E-state index contributed by atoms with van der Waals surface area (Å²) in [4.78, 5) is 26.6. The largest absolute Gasteiger partial charge is 0.360 e. The summed E-state index contributed by atoms with van der Waals surface area (Å²) in [5.41, 5.74) is 1.73. The third kappa shape index (κ3) is 4.57. The predicted molar refractivity (Wildman–Crippen MR) is 98.6 cm³/mol. The smallest absolute Gasteiger partial charge is 0.236 e. The summed E-state index contributed by atoms with van der Waals surface area (Å²) in [6.45, 7) is 2.12. The number of hydrogen-bond donors (Lipinski definition) is 1. The van der Waals surface area contributed by atoms with Crippen LogP contribution in [-0.4, -0.2) is 17.0 Å². The zero-order chi connectivity index (χ0) is 18.4. The number of carbonyl (C=O) groups excluding carboxylic acids is 2. The number of aryl methyl sites for hydroxylation is 1. The number of anilines is 2. The molecule has 0 aliphatic heterocycles. The van der Waals surface area contributed by atoms with Crippen LogP contribution in [-0.2, 0) is 16.1 Å². The van der Waals surface area contributed by atoms with Crippen LogP contribution in [0.25, 0.3) is 0 Å². The molecule has 0 aliphatic carbocycles.